The summed E-state index contributed by atoms with van der Waals surface area (Å²) in [7, 11) is 1.50. The van der Waals surface area contributed by atoms with Crippen LogP contribution in [-0.4, -0.2) is 24.7 Å². The van der Waals surface area contributed by atoms with Gasteiger partial charge in [0.2, 0.25) is 5.96 Å². The molecule has 0 amide bonds. The monoisotopic (exact) mass is 389 g/mol. The zero-order valence-corrected chi connectivity index (χ0v) is 15.2. The Morgan fingerprint density at radius 2 is 2.07 bits per heavy atom. The predicted molar refractivity (Wildman–Crippen MR) is 104 cm³/mol. The number of rotatable bonds is 4. The molecule has 0 radical (unpaired) electrons. The number of methoxy groups -OCH3 is 1. The third-order valence-electron chi connectivity index (χ3n) is 4.16. The molecule has 144 valence electrons. The molecule has 0 bridgehead atoms. The van der Waals surface area contributed by atoms with Crippen LogP contribution in [0.4, 0.5) is 17.3 Å². The second kappa shape index (κ2) is 7.91. The molecule has 11 heteroatoms. The summed E-state index contributed by atoms with van der Waals surface area (Å²) in [5.74, 6) is 1.16. The third-order valence-corrected chi connectivity index (χ3v) is 4.16. The lowest BCUT2D eigenvalue weighted by Crippen LogP contribution is -2.33. The normalized spacial score (nSPS) is 14.1. The van der Waals surface area contributed by atoms with Gasteiger partial charge in [-0.1, -0.05) is 0 Å². The van der Waals surface area contributed by atoms with Crippen molar-refractivity contribution in [2.45, 2.75) is 6.04 Å². The van der Waals surface area contributed by atoms with Crippen LogP contribution >= 0.6 is 0 Å². The average Bonchev–Trinajstić information content (AvgIpc) is 2.72. The molecule has 0 spiro atoms. The zero-order chi connectivity index (χ0) is 21.0. The summed E-state index contributed by atoms with van der Waals surface area (Å²) < 4.78 is 10.8. The number of aliphatic imine (C=N–C) groups is 1. The molecule has 0 saturated heterocycles. The van der Waals surface area contributed by atoms with Gasteiger partial charge in [-0.05, 0) is 18.2 Å². The van der Waals surface area contributed by atoms with Crippen molar-refractivity contribution < 1.29 is 9.47 Å². The van der Waals surface area contributed by atoms with E-state index in [4.69, 9.17) is 31.5 Å². The van der Waals surface area contributed by atoms with Crippen LogP contribution in [0, 0.1) is 34.1 Å². The molecule has 0 aliphatic carbocycles. The number of hydrogen-bond acceptors (Lipinski definition) is 11. The number of nitrogens with two attached hydrogens (primary N) is 2. The topological polar surface area (TPSA) is 191 Å². The fourth-order valence-electron chi connectivity index (χ4n) is 2.91. The highest BCUT2D eigenvalue weighted by Gasteiger charge is 2.31. The number of hydrogen-bond donors (Lipinski definition) is 4. The molecule has 0 fully saturated rings. The van der Waals surface area contributed by atoms with Crippen molar-refractivity contribution in [2.24, 2.45) is 4.99 Å². The molecule has 1 aliphatic rings. The van der Waals surface area contributed by atoms with Gasteiger partial charge >= 0.3 is 0 Å². The standard InChI is InChI=1S/C18H15N9O2/c1-28-9-2-3-12(29-5-4-19)10(6-9)15-13-14(22)11(7-20)16(23)26-17(13)27-18(25-15)24-8-21/h2-3,6,15H,5H2,1H3,(H6,22,23,24,25,26,27). The molecule has 2 heterocycles. The minimum atomic E-state index is -0.814. The molecule has 3 rings (SSSR count). The lowest BCUT2D eigenvalue weighted by atomic mass is 9.94. The van der Waals surface area contributed by atoms with E-state index in [0.717, 1.165) is 0 Å². The molecule has 1 aromatic carbocycles. The third kappa shape index (κ3) is 3.46. The van der Waals surface area contributed by atoms with Gasteiger partial charge in [-0.3, -0.25) is 5.32 Å². The molecule has 1 atom stereocenters. The second-order valence-electron chi connectivity index (χ2n) is 5.75. The van der Waals surface area contributed by atoms with Crippen LogP contribution < -0.4 is 31.6 Å². The number of fused-ring (bicyclic) bond motifs is 1. The smallest absolute Gasteiger partial charge is 0.211 e. The van der Waals surface area contributed by atoms with E-state index in [2.05, 4.69) is 20.6 Å². The van der Waals surface area contributed by atoms with E-state index in [-0.39, 0.29) is 35.5 Å². The summed E-state index contributed by atoms with van der Waals surface area (Å²) in [5.41, 5.74) is 13.1. The van der Waals surface area contributed by atoms with Crippen LogP contribution in [0.5, 0.6) is 11.5 Å². The second-order valence-corrected chi connectivity index (χ2v) is 5.75. The van der Waals surface area contributed by atoms with Crippen LogP contribution in [-0.2, 0) is 0 Å². The largest absolute Gasteiger partial charge is 0.497 e. The van der Waals surface area contributed by atoms with Gasteiger partial charge in [0.25, 0.3) is 0 Å². The van der Waals surface area contributed by atoms with Gasteiger partial charge in [-0.15, -0.1) is 0 Å². The molecular weight excluding hydrogens is 374 g/mol. The highest BCUT2D eigenvalue weighted by atomic mass is 16.5. The number of aromatic nitrogens is 1. The minimum Gasteiger partial charge on any atom is -0.497 e. The van der Waals surface area contributed by atoms with E-state index in [9.17, 15) is 5.26 Å². The lowest BCUT2D eigenvalue weighted by Gasteiger charge is -2.27. The fourth-order valence-corrected chi connectivity index (χ4v) is 2.91. The first kappa shape index (κ1) is 19.1. The number of nitrogens with one attached hydrogen (secondary N) is 2. The molecule has 1 aromatic heterocycles. The Kier molecular flexibility index (Phi) is 5.20. The average molecular weight is 389 g/mol. The van der Waals surface area contributed by atoms with Gasteiger partial charge in [-0.25, -0.2) is 9.98 Å². The predicted octanol–water partition coefficient (Wildman–Crippen LogP) is 0.970. The van der Waals surface area contributed by atoms with Gasteiger partial charge in [0, 0.05) is 11.1 Å². The molecule has 1 aliphatic heterocycles. The summed E-state index contributed by atoms with van der Waals surface area (Å²) in [6.07, 6.45) is 1.78. The van der Waals surface area contributed by atoms with E-state index >= 15 is 0 Å². The van der Waals surface area contributed by atoms with Crippen LogP contribution in [0.15, 0.2) is 23.2 Å². The highest BCUT2D eigenvalue weighted by Crippen LogP contribution is 2.44. The maximum absolute atomic E-state index is 9.40. The number of pyridine rings is 1. The molecular formula is C18H15N9O2. The van der Waals surface area contributed by atoms with Crippen molar-refractivity contribution in [3.63, 3.8) is 0 Å². The summed E-state index contributed by atoms with van der Waals surface area (Å²) in [6.45, 7) is -0.191. The van der Waals surface area contributed by atoms with Crippen molar-refractivity contribution in [1.82, 2.24) is 10.3 Å². The number of nitrogens with zero attached hydrogens (tertiary/aromatic N) is 5. The molecule has 0 saturated carbocycles. The Bertz CT molecular complexity index is 1120. The maximum Gasteiger partial charge on any atom is 0.211 e. The fraction of sp³-hybridized carbons (Fsp3) is 0.167. The molecule has 29 heavy (non-hydrogen) atoms. The summed E-state index contributed by atoms with van der Waals surface area (Å²) in [5, 5.41) is 32.5. The molecule has 1 unspecified atom stereocenters. The van der Waals surface area contributed by atoms with E-state index in [1.54, 1.807) is 24.4 Å². The number of guanidine groups is 1. The lowest BCUT2D eigenvalue weighted by molar-refractivity contribution is 0.360. The quantitative estimate of drug-likeness (QED) is 0.432. The van der Waals surface area contributed by atoms with Gasteiger partial charge in [0.1, 0.15) is 46.9 Å². The highest BCUT2D eigenvalue weighted by molar-refractivity contribution is 5.98. The van der Waals surface area contributed by atoms with Gasteiger partial charge in [-0.2, -0.15) is 15.8 Å². The zero-order valence-electron chi connectivity index (χ0n) is 15.2. The number of nitrogen functional groups attached to an aromatic ring is 2. The van der Waals surface area contributed by atoms with Gasteiger partial charge < -0.3 is 26.3 Å². The van der Waals surface area contributed by atoms with Crippen molar-refractivity contribution >= 4 is 23.3 Å². The Hall–Kier alpha value is -4.69. The first-order chi connectivity index (χ1) is 14.0. The first-order valence-corrected chi connectivity index (χ1v) is 8.20. The van der Waals surface area contributed by atoms with E-state index in [1.807, 2.05) is 12.1 Å². The number of nitriles is 3. The Morgan fingerprint density at radius 1 is 1.28 bits per heavy atom. The Labute approximate surface area is 165 Å². The Balaban J connectivity index is 2.28. The number of anilines is 3. The van der Waals surface area contributed by atoms with E-state index in [1.165, 1.54) is 7.11 Å². The number of benzene rings is 1. The molecule has 6 N–H and O–H groups in total. The molecule has 2 aromatic rings. The van der Waals surface area contributed by atoms with Gasteiger partial charge in [0.15, 0.2) is 12.8 Å². The van der Waals surface area contributed by atoms with E-state index < -0.39 is 6.04 Å². The maximum atomic E-state index is 9.40. The Morgan fingerprint density at radius 3 is 2.72 bits per heavy atom. The first-order valence-electron chi connectivity index (χ1n) is 8.20. The van der Waals surface area contributed by atoms with Crippen LogP contribution in [0.1, 0.15) is 22.7 Å². The van der Waals surface area contributed by atoms with Crippen molar-refractivity contribution in [3.05, 3.63) is 34.9 Å². The van der Waals surface area contributed by atoms with Crippen molar-refractivity contribution in [2.75, 3.05) is 30.5 Å². The summed E-state index contributed by atoms with van der Waals surface area (Å²) in [6, 6.07) is 8.00. The van der Waals surface area contributed by atoms with Crippen LogP contribution in [0.2, 0.25) is 0 Å². The summed E-state index contributed by atoms with van der Waals surface area (Å²) >= 11 is 0. The molecule has 11 nitrogen and oxygen atoms in total. The van der Waals surface area contributed by atoms with Crippen molar-refractivity contribution in [1.29, 1.82) is 15.8 Å². The summed E-state index contributed by atoms with van der Waals surface area (Å²) in [4.78, 5) is 8.67. The van der Waals surface area contributed by atoms with Crippen LogP contribution in [0.3, 0.4) is 0 Å². The number of ether oxygens (including phenoxy) is 2. The SMILES string of the molecule is COc1ccc(OCC#N)c(C2N=C(NC#N)Nc3nc(N)c(C#N)c(N)c32)c1. The van der Waals surface area contributed by atoms with Gasteiger partial charge in [0.05, 0.1) is 12.8 Å². The van der Waals surface area contributed by atoms with Crippen molar-refractivity contribution in [3.8, 4) is 29.8 Å². The van der Waals surface area contributed by atoms with E-state index in [0.29, 0.717) is 22.6 Å². The van der Waals surface area contributed by atoms with Crippen LogP contribution in [0.25, 0.3) is 0 Å². The minimum absolute atomic E-state index is 0.0184.